The van der Waals surface area contributed by atoms with Crippen molar-refractivity contribution in [3.8, 4) is 0 Å². The highest BCUT2D eigenvalue weighted by molar-refractivity contribution is 7.99. The van der Waals surface area contributed by atoms with Crippen molar-refractivity contribution >= 4 is 17.7 Å². The van der Waals surface area contributed by atoms with Crippen LogP contribution in [0.4, 0.5) is 4.39 Å². The molecule has 2 aromatic rings. The summed E-state index contributed by atoms with van der Waals surface area (Å²) in [4.78, 5) is 14.7. The van der Waals surface area contributed by atoms with Crippen LogP contribution in [0.5, 0.6) is 0 Å². The fourth-order valence-corrected chi connectivity index (χ4v) is 4.31. The van der Waals surface area contributed by atoms with Gasteiger partial charge in [0.25, 0.3) is 0 Å². The molecule has 25 heavy (non-hydrogen) atoms. The van der Waals surface area contributed by atoms with Gasteiger partial charge in [0.1, 0.15) is 11.2 Å². The predicted octanol–water partition coefficient (Wildman–Crippen LogP) is 4.94. The highest BCUT2D eigenvalue weighted by Gasteiger charge is 2.30. The van der Waals surface area contributed by atoms with Crippen LogP contribution in [0, 0.1) is 5.82 Å². The van der Waals surface area contributed by atoms with Crippen molar-refractivity contribution < 1.29 is 9.18 Å². The summed E-state index contributed by atoms with van der Waals surface area (Å²) in [5.74, 6) is 0.771. The molecule has 0 saturated carbocycles. The van der Waals surface area contributed by atoms with Crippen LogP contribution in [0.2, 0.25) is 0 Å². The Balaban J connectivity index is 1.73. The monoisotopic (exact) mass is 357 g/mol. The maximum Gasteiger partial charge on any atom is 0.228 e. The lowest BCUT2D eigenvalue weighted by molar-refractivity contribution is -0.130. The number of hydrogen-bond acceptors (Lipinski definition) is 2. The Morgan fingerprint density at radius 2 is 1.76 bits per heavy atom. The highest BCUT2D eigenvalue weighted by Crippen LogP contribution is 2.38. The fraction of sp³-hybridized carbons (Fsp3) is 0.381. The molecule has 2 nitrogen and oxygen atoms in total. The largest absolute Gasteiger partial charge is 0.325 e. The summed E-state index contributed by atoms with van der Waals surface area (Å²) in [6, 6.07) is 14.8. The molecule has 2 aromatic carbocycles. The second-order valence-electron chi connectivity index (χ2n) is 7.49. The van der Waals surface area contributed by atoms with Crippen molar-refractivity contribution in [2.75, 3.05) is 12.3 Å². The van der Waals surface area contributed by atoms with E-state index in [-0.39, 0.29) is 22.5 Å². The molecule has 1 aliphatic heterocycles. The van der Waals surface area contributed by atoms with Crippen molar-refractivity contribution in [2.24, 2.45) is 0 Å². The van der Waals surface area contributed by atoms with Gasteiger partial charge in [0.2, 0.25) is 5.91 Å². The highest BCUT2D eigenvalue weighted by atomic mass is 32.2. The Kier molecular flexibility index (Phi) is 5.19. The van der Waals surface area contributed by atoms with Crippen LogP contribution in [0.3, 0.4) is 0 Å². The minimum absolute atomic E-state index is 0.0713. The predicted molar refractivity (Wildman–Crippen MR) is 102 cm³/mol. The number of halogens is 1. The summed E-state index contributed by atoms with van der Waals surface area (Å²) in [6.07, 6.45) is 0.317. The minimum Gasteiger partial charge on any atom is -0.325 e. The third-order valence-electron chi connectivity index (χ3n) is 4.54. The quantitative estimate of drug-likeness (QED) is 0.775. The Hall–Kier alpha value is -1.81. The van der Waals surface area contributed by atoms with Gasteiger partial charge in [0.05, 0.1) is 6.42 Å². The first-order chi connectivity index (χ1) is 11.8. The van der Waals surface area contributed by atoms with E-state index >= 15 is 0 Å². The second-order valence-corrected chi connectivity index (χ2v) is 8.67. The molecule has 0 radical (unpaired) electrons. The van der Waals surface area contributed by atoms with Gasteiger partial charge < -0.3 is 4.90 Å². The molecule has 1 saturated heterocycles. The van der Waals surface area contributed by atoms with Gasteiger partial charge in [-0.1, -0.05) is 57.2 Å². The van der Waals surface area contributed by atoms with Crippen LogP contribution >= 0.6 is 11.8 Å². The van der Waals surface area contributed by atoms with E-state index in [2.05, 4.69) is 45.0 Å². The molecule has 1 heterocycles. The number of carbonyl (C=O) groups excluding carboxylic acids is 1. The van der Waals surface area contributed by atoms with Crippen molar-refractivity contribution in [2.45, 2.75) is 38.0 Å². The normalized spacial score (nSPS) is 17.8. The van der Waals surface area contributed by atoms with E-state index < -0.39 is 0 Å². The van der Waals surface area contributed by atoms with Gasteiger partial charge >= 0.3 is 0 Å². The molecular formula is C21H24FNOS. The van der Waals surface area contributed by atoms with Gasteiger partial charge in [-0.15, -0.1) is 11.8 Å². The smallest absolute Gasteiger partial charge is 0.228 e. The summed E-state index contributed by atoms with van der Waals surface area (Å²) >= 11 is 1.80. The number of carbonyl (C=O) groups is 1. The Morgan fingerprint density at radius 3 is 2.36 bits per heavy atom. The molecule has 1 unspecified atom stereocenters. The summed E-state index contributed by atoms with van der Waals surface area (Å²) < 4.78 is 13.0. The lowest BCUT2D eigenvalue weighted by Crippen LogP contribution is -2.31. The average Bonchev–Trinajstić information content (AvgIpc) is 3.06. The van der Waals surface area contributed by atoms with E-state index in [0.717, 1.165) is 17.9 Å². The van der Waals surface area contributed by atoms with Crippen molar-refractivity contribution in [1.82, 2.24) is 4.90 Å². The summed E-state index contributed by atoms with van der Waals surface area (Å²) in [6.45, 7) is 7.36. The van der Waals surface area contributed by atoms with Crippen molar-refractivity contribution in [1.29, 1.82) is 0 Å². The van der Waals surface area contributed by atoms with E-state index in [0.29, 0.717) is 6.42 Å². The summed E-state index contributed by atoms with van der Waals surface area (Å²) in [7, 11) is 0. The Bertz CT molecular complexity index is 734. The third kappa shape index (κ3) is 4.24. The lowest BCUT2D eigenvalue weighted by atomic mass is 9.86. The first-order valence-corrected chi connectivity index (χ1v) is 9.65. The molecule has 4 heteroatoms. The number of hydrogen-bond donors (Lipinski definition) is 0. The maximum atomic E-state index is 13.0. The molecule has 0 aliphatic carbocycles. The van der Waals surface area contributed by atoms with Gasteiger partial charge in [0.15, 0.2) is 0 Å². The van der Waals surface area contributed by atoms with Gasteiger partial charge in [0, 0.05) is 12.3 Å². The molecule has 0 N–H and O–H groups in total. The van der Waals surface area contributed by atoms with Gasteiger partial charge in [-0.2, -0.15) is 0 Å². The molecule has 1 amide bonds. The van der Waals surface area contributed by atoms with Crippen LogP contribution in [0.15, 0.2) is 48.5 Å². The zero-order chi connectivity index (χ0) is 18.0. The zero-order valence-electron chi connectivity index (χ0n) is 15.0. The summed E-state index contributed by atoms with van der Waals surface area (Å²) in [5, 5.41) is 0.0713. The van der Waals surface area contributed by atoms with Crippen molar-refractivity contribution in [3.63, 3.8) is 0 Å². The number of thioether (sulfide) groups is 1. The molecule has 0 spiro atoms. The number of amides is 1. The number of benzene rings is 2. The Morgan fingerprint density at radius 1 is 1.12 bits per heavy atom. The second kappa shape index (κ2) is 7.20. The lowest BCUT2D eigenvalue weighted by Gasteiger charge is -2.25. The fourth-order valence-electron chi connectivity index (χ4n) is 3.03. The maximum absolute atomic E-state index is 13.0. The molecule has 1 fully saturated rings. The van der Waals surface area contributed by atoms with E-state index in [1.807, 2.05) is 4.90 Å². The van der Waals surface area contributed by atoms with E-state index in [1.165, 1.54) is 23.3 Å². The van der Waals surface area contributed by atoms with E-state index in [9.17, 15) is 9.18 Å². The van der Waals surface area contributed by atoms with Gasteiger partial charge in [-0.3, -0.25) is 4.79 Å². The molecule has 132 valence electrons. The molecular weight excluding hydrogens is 333 g/mol. The van der Waals surface area contributed by atoms with Gasteiger partial charge in [-0.05, 0) is 34.2 Å². The minimum atomic E-state index is -0.273. The zero-order valence-corrected chi connectivity index (χ0v) is 15.8. The first kappa shape index (κ1) is 18.0. The average molecular weight is 357 g/mol. The topological polar surface area (TPSA) is 20.3 Å². The van der Waals surface area contributed by atoms with E-state index in [1.54, 1.807) is 23.9 Å². The SMILES string of the molecule is CC(C)(C)c1ccc(C2SCCN2C(=O)Cc2ccc(F)cc2)cc1. The standard InChI is InChI=1S/C21H24FNOS/c1-21(2,3)17-8-6-16(7-9-17)20-23(12-13-25-20)19(24)14-15-4-10-18(22)11-5-15/h4-11,20H,12-14H2,1-3H3. The summed E-state index contributed by atoms with van der Waals surface area (Å²) in [5.41, 5.74) is 3.44. The molecule has 1 atom stereocenters. The number of rotatable bonds is 3. The number of nitrogens with zero attached hydrogens (tertiary/aromatic N) is 1. The van der Waals surface area contributed by atoms with Crippen molar-refractivity contribution in [3.05, 3.63) is 71.0 Å². The van der Waals surface area contributed by atoms with Gasteiger partial charge in [-0.25, -0.2) is 4.39 Å². The molecule has 1 aliphatic rings. The van der Waals surface area contributed by atoms with Crippen LogP contribution in [0.1, 0.15) is 42.8 Å². The van der Waals surface area contributed by atoms with Crippen LogP contribution in [-0.4, -0.2) is 23.1 Å². The molecule has 3 rings (SSSR count). The molecule has 0 aromatic heterocycles. The Labute approximate surface area is 153 Å². The first-order valence-electron chi connectivity index (χ1n) is 8.60. The van der Waals surface area contributed by atoms with E-state index in [4.69, 9.17) is 0 Å². The third-order valence-corrected chi connectivity index (χ3v) is 5.80. The molecule has 0 bridgehead atoms. The van der Waals surface area contributed by atoms with Crippen LogP contribution < -0.4 is 0 Å². The van der Waals surface area contributed by atoms with Crippen LogP contribution in [0.25, 0.3) is 0 Å². The van der Waals surface area contributed by atoms with Crippen LogP contribution in [-0.2, 0) is 16.6 Å².